The summed E-state index contributed by atoms with van der Waals surface area (Å²) in [5.74, 6) is 0.806. The van der Waals surface area contributed by atoms with Crippen molar-refractivity contribution in [2.45, 2.75) is 52.7 Å². The smallest absolute Gasteiger partial charge is 0.410 e. The Labute approximate surface area is 223 Å². The van der Waals surface area contributed by atoms with E-state index in [1.54, 1.807) is 17.2 Å². The first-order valence-corrected chi connectivity index (χ1v) is 12.7. The Bertz CT molecular complexity index is 1290. The van der Waals surface area contributed by atoms with Gasteiger partial charge >= 0.3 is 12.1 Å². The molecule has 1 saturated heterocycles. The van der Waals surface area contributed by atoms with Gasteiger partial charge in [0.2, 0.25) is 5.95 Å². The van der Waals surface area contributed by atoms with Crippen LogP contribution in [0, 0.1) is 0 Å². The van der Waals surface area contributed by atoms with Crippen molar-refractivity contribution in [3.63, 3.8) is 0 Å². The third-order valence-corrected chi connectivity index (χ3v) is 5.59. The lowest BCUT2D eigenvalue weighted by Gasteiger charge is -2.36. The summed E-state index contributed by atoms with van der Waals surface area (Å²) >= 11 is 0. The predicted molar refractivity (Wildman–Crippen MR) is 149 cm³/mol. The predicted octanol–water partition coefficient (Wildman–Crippen LogP) is 4.75. The quantitative estimate of drug-likeness (QED) is 0.450. The number of nitrogens with zero attached hydrogens (tertiary/aromatic N) is 5. The van der Waals surface area contributed by atoms with Crippen molar-refractivity contribution in [1.82, 2.24) is 25.2 Å². The number of ether oxygens (including phenoxy) is 1. The number of nitrogens with one attached hydrogen (secondary N) is 3. The van der Waals surface area contributed by atoms with Gasteiger partial charge in [0.25, 0.3) is 0 Å². The van der Waals surface area contributed by atoms with Crippen LogP contribution in [0.5, 0.6) is 0 Å². The van der Waals surface area contributed by atoms with Gasteiger partial charge in [0.05, 0.1) is 0 Å². The van der Waals surface area contributed by atoms with Crippen LogP contribution in [0.25, 0.3) is 11.0 Å². The number of urea groups is 1. The number of anilines is 4. The summed E-state index contributed by atoms with van der Waals surface area (Å²) < 4.78 is 5.48. The van der Waals surface area contributed by atoms with Crippen molar-refractivity contribution in [1.29, 1.82) is 0 Å². The molecule has 11 nitrogen and oxygen atoms in total. The number of carbonyl (C=O) groups excluding carboxylic acids is 2. The number of amides is 3. The van der Waals surface area contributed by atoms with E-state index in [1.165, 1.54) is 0 Å². The standard InChI is InChI=1S/C27H36N8O3/c1-26(2,3)33-24(36)31-21-12-7-18-17-28-23(32-22(18)30-21)29-19-8-10-20(11-9-19)34-13-15-35(16-14-34)25(37)38-27(4,5)6/h7-12,17H,13-16H2,1-6H3,(H3,28,29,30,31,32,33,36). The molecular formula is C27H36N8O3. The first kappa shape index (κ1) is 26.9. The molecule has 0 unspecified atom stereocenters. The van der Waals surface area contributed by atoms with Gasteiger partial charge in [0.1, 0.15) is 11.4 Å². The Kier molecular flexibility index (Phi) is 7.56. The maximum absolute atomic E-state index is 12.3. The van der Waals surface area contributed by atoms with Crippen LogP contribution in [0.2, 0.25) is 0 Å². The molecule has 11 heteroatoms. The number of hydrogen-bond donors (Lipinski definition) is 3. The maximum Gasteiger partial charge on any atom is 0.410 e. The molecule has 0 aliphatic carbocycles. The number of rotatable bonds is 4. The lowest BCUT2D eigenvalue weighted by molar-refractivity contribution is 0.0240. The van der Waals surface area contributed by atoms with Crippen LogP contribution in [-0.2, 0) is 4.74 Å². The molecule has 38 heavy (non-hydrogen) atoms. The minimum absolute atomic E-state index is 0.266. The van der Waals surface area contributed by atoms with Crippen molar-refractivity contribution in [3.05, 3.63) is 42.6 Å². The normalized spacial score (nSPS) is 14.3. The van der Waals surface area contributed by atoms with Gasteiger partial charge in [-0.05, 0) is 77.9 Å². The summed E-state index contributed by atoms with van der Waals surface area (Å²) in [4.78, 5) is 41.8. The first-order valence-electron chi connectivity index (χ1n) is 12.7. The SMILES string of the molecule is CC(C)(C)NC(=O)Nc1ccc2cnc(Nc3ccc(N4CCN(C(=O)OC(C)(C)C)CC4)cc3)nc2n1. The second-order valence-electron chi connectivity index (χ2n) is 11.3. The summed E-state index contributed by atoms with van der Waals surface area (Å²) in [6, 6.07) is 11.2. The van der Waals surface area contributed by atoms with E-state index in [4.69, 9.17) is 4.74 Å². The summed E-state index contributed by atoms with van der Waals surface area (Å²) in [6.45, 7) is 14.0. The van der Waals surface area contributed by atoms with Crippen LogP contribution in [0.3, 0.4) is 0 Å². The number of hydrogen-bond acceptors (Lipinski definition) is 8. The molecule has 1 aliphatic rings. The molecule has 3 amide bonds. The van der Waals surface area contributed by atoms with Gasteiger partial charge in [-0.1, -0.05) is 0 Å². The van der Waals surface area contributed by atoms with Crippen LogP contribution < -0.4 is 20.9 Å². The van der Waals surface area contributed by atoms with E-state index in [-0.39, 0.29) is 17.7 Å². The Morgan fingerprint density at radius 1 is 0.895 bits per heavy atom. The van der Waals surface area contributed by atoms with Crippen LogP contribution >= 0.6 is 0 Å². The van der Waals surface area contributed by atoms with Crippen molar-refractivity contribution in [2.24, 2.45) is 0 Å². The second kappa shape index (κ2) is 10.7. The molecule has 202 valence electrons. The minimum atomic E-state index is -0.496. The molecule has 0 saturated carbocycles. The molecule has 3 N–H and O–H groups in total. The van der Waals surface area contributed by atoms with Gasteiger partial charge in [-0.15, -0.1) is 0 Å². The average Bonchev–Trinajstić information content (AvgIpc) is 2.82. The molecule has 1 aliphatic heterocycles. The fraction of sp³-hybridized carbons (Fsp3) is 0.444. The molecule has 0 spiro atoms. The highest BCUT2D eigenvalue weighted by Crippen LogP contribution is 2.23. The summed E-state index contributed by atoms with van der Waals surface area (Å²) in [6.07, 6.45) is 1.42. The van der Waals surface area contributed by atoms with Crippen LogP contribution in [-0.4, -0.2) is 69.3 Å². The molecule has 4 rings (SSSR count). The summed E-state index contributed by atoms with van der Waals surface area (Å²) in [5.41, 5.74) is 1.52. The van der Waals surface area contributed by atoms with Gasteiger partial charge in [0.15, 0.2) is 5.65 Å². The third-order valence-electron chi connectivity index (χ3n) is 5.59. The summed E-state index contributed by atoms with van der Waals surface area (Å²) in [7, 11) is 0. The first-order chi connectivity index (χ1) is 17.8. The molecule has 0 atom stereocenters. The molecule has 0 radical (unpaired) electrons. The van der Waals surface area contributed by atoms with Crippen molar-refractivity contribution < 1.29 is 14.3 Å². The molecule has 0 bridgehead atoms. The van der Waals surface area contributed by atoms with Gasteiger partial charge in [-0.2, -0.15) is 4.98 Å². The van der Waals surface area contributed by atoms with E-state index < -0.39 is 5.60 Å². The number of carbonyl (C=O) groups is 2. The van der Waals surface area contributed by atoms with E-state index in [9.17, 15) is 9.59 Å². The fourth-order valence-corrected chi connectivity index (χ4v) is 3.89. The third kappa shape index (κ3) is 7.44. The molecule has 1 aromatic carbocycles. The van der Waals surface area contributed by atoms with Crippen molar-refractivity contribution in [3.8, 4) is 0 Å². The lowest BCUT2D eigenvalue weighted by Crippen LogP contribution is -2.50. The fourth-order valence-electron chi connectivity index (χ4n) is 3.89. The number of pyridine rings is 1. The molecule has 3 aromatic rings. The molecule has 2 aromatic heterocycles. The minimum Gasteiger partial charge on any atom is -0.444 e. The monoisotopic (exact) mass is 520 g/mol. The van der Waals surface area contributed by atoms with Crippen LogP contribution in [0.15, 0.2) is 42.6 Å². The van der Waals surface area contributed by atoms with Gasteiger partial charge in [-0.25, -0.2) is 19.6 Å². The van der Waals surface area contributed by atoms with Crippen LogP contribution in [0.1, 0.15) is 41.5 Å². The van der Waals surface area contributed by atoms with Crippen molar-refractivity contribution >= 4 is 46.3 Å². The van der Waals surface area contributed by atoms with Gasteiger partial charge in [0, 0.05) is 54.7 Å². The van der Waals surface area contributed by atoms with E-state index in [2.05, 4.69) is 35.8 Å². The van der Waals surface area contributed by atoms with E-state index in [0.717, 1.165) is 29.9 Å². The maximum atomic E-state index is 12.3. The van der Waals surface area contributed by atoms with Gasteiger partial charge < -0.3 is 25.2 Å². The van der Waals surface area contributed by atoms with Crippen molar-refractivity contribution in [2.75, 3.05) is 41.7 Å². The van der Waals surface area contributed by atoms with Crippen LogP contribution in [0.4, 0.5) is 32.7 Å². The van der Waals surface area contributed by atoms with E-state index in [1.807, 2.05) is 71.9 Å². The Balaban J connectivity index is 1.36. The Morgan fingerprint density at radius 3 is 2.21 bits per heavy atom. The highest BCUT2D eigenvalue weighted by molar-refractivity contribution is 5.90. The topological polar surface area (TPSA) is 125 Å². The Hall–Kier alpha value is -4.15. The largest absolute Gasteiger partial charge is 0.444 e. The van der Waals surface area contributed by atoms with E-state index in [0.29, 0.717) is 30.5 Å². The second-order valence-corrected chi connectivity index (χ2v) is 11.3. The zero-order valence-electron chi connectivity index (χ0n) is 22.8. The highest BCUT2D eigenvalue weighted by atomic mass is 16.6. The molecular weight excluding hydrogens is 484 g/mol. The Morgan fingerprint density at radius 2 is 1.58 bits per heavy atom. The van der Waals surface area contributed by atoms with E-state index >= 15 is 0 Å². The number of piperazine rings is 1. The molecule has 1 fully saturated rings. The highest BCUT2D eigenvalue weighted by Gasteiger charge is 2.26. The number of fused-ring (bicyclic) bond motifs is 1. The average molecular weight is 521 g/mol. The number of aromatic nitrogens is 3. The zero-order valence-corrected chi connectivity index (χ0v) is 22.8. The lowest BCUT2D eigenvalue weighted by atomic mass is 10.1. The molecule has 3 heterocycles. The zero-order chi connectivity index (χ0) is 27.5. The number of benzene rings is 1. The van der Waals surface area contributed by atoms with Gasteiger partial charge in [-0.3, -0.25) is 5.32 Å². The summed E-state index contributed by atoms with van der Waals surface area (Å²) in [5, 5.41) is 9.56.